The van der Waals surface area contributed by atoms with Crippen molar-refractivity contribution in [2.45, 2.75) is 58.9 Å². The van der Waals surface area contributed by atoms with Crippen LogP contribution in [0.15, 0.2) is 41.1 Å². The summed E-state index contributed by atoms with van der Waals surface area (Å²) in [6, 6.07) is 8.74. The van der Waals surface area contributed by atoms with E-state index in [0.717, 1.165) is 37.7 Å². The minimum absolute atomic E-state index is 0.141. The maximum absolute atomic E-state index is 13.2. The summed E-state index contributed by atoms with van der Waals surface area (Å²) >= 11 is 0. The lowest BCUT2D eigenvalue weighted by atomic mass is 9.72. The lowest BCUT2D eigenvalue weighted by Gasteiger charge is -2.37. The van der Waals surface area contributed by atoms with Crippen LogP contribution in [0.4, 0.5) is 5.69 Å². The molecule has 4 rings (SSSR count). The third-order valence-electron chi connectivity index (χ3n) is 6.39. The Hall–Kier alpha value is -2.76. The third-order valence-corrected chi connectivity index (χ3v) is 6.39. The van der Waals surface area contributed by atoms with E-state index in [-0.39, 0.29) is 11.7 Å². The van der Waals surface area contributed by atoms with E-state index in [1.54, 1.807) is 11.0 Å². The third kappa shape index (κ3) is 3.59. The monoisotopic (exact) mass is 408 g/mol. The van der Waals surface area contributed by atoms with Crippen molar-refractivity contribution in [3.63, 3.8) is 0 Å². The fourth-order valence-corrected chi connectivity index (χ4v) is 4.83. The Kier molecular flexibility index (Phi) is 5.35. The molecule has 6 nitrogen and oxygen atoms in total. The molecule has 1 saturated heterocycles. The molecule has 0 bridgehead atoms. The van der Waals surface area contributed by atoms with Gasteiger partial charge in [0.05, 0.1) is 6.04 Å². The van der Waals surface area contributed by atoms with E-state index in [4.69, 9.17) is 4.52 Å². The zero-order valence-electron chi connectivity index (χ0n) is 17.8. The van der Waals surface area contributed by atoms with Crippen LogP contribution in [0.2, 0.25) is 0 Å². The van der Waals surface area contributed by atoms with E-state index in [2.05, 4.69) is 5.16 Å². The molecule has 0 radical (unpaired) electrons. The molecule has 2 atom stereocenters. The summed E-state index contributed by atoms with van der Waals surface area (Å²) < 4.78 is 4.90. The van der Waals surface area contributed by atoms with Crippen LogP contribution in [-0.4, -0.2) is 28.7 Å². The molecular weight excluding hydrogens is 380 g/mol. The quantitative estimate of drug-likeness (QED) is 0.552. The second-order valence-corrected chi connectivity index (χ2v) is 9.45. The highest BCUT2D eigenvalue weighted by Gasteiger charge is 2.55. The van der Waals surface area contributed by atoms with Gasteiger partial charge in [-0.2, -0.15) is 0 Å². The van der Waals surface area contributed by atoms with Gasteiger partial charge >= 0.3 is 0 Å². The van der Waals surface area contributed by atoms with Crippen LogP contribution in [0.3, 0.4) is 0 Å². The van der Waals surface area contributed by atoms with Crippen molar-refractivity contribution in [3.8, 4) is 11.3 Å². The fourth-order valence-electron chi connectivity index (χ4n) is 4.83. The Morgan fingerprint density at radius 1 is 1.03 bits per heavy atom. The molecule has 2 heterocycles. The summed E-state index contributed by atoms with van der Waals surface area (Å²) in [5, 5.41) is 3.94. The van der Waals surface area contributed by atoms with Gasteiger partial charge in [0, 0.05) is 22.7 Å². The van der Waals surface area contributed by atoms with Crippen LogP contribution in [0.1, 0.15) is 52.9 Å². The number of amides is 1. The minimum atomic E-state index is -0.893. The van der Waals surface area contributed by atoms with E-state index >= 15 is 0 Å². The first-order chi connectivity index (χ1) is 14.3. The normalized spacial score (nSPS) is 23.2. The molecule has 0 spiro atoms. The van der Waals surface area contributed by atoms with Gasteiger partial charge in [0.2, 0.25) is 5.78 Å². The van der Waals surface area contributed by atoms with Gasteiger partial charge in [0.15, 0.2) is 5.78 Å². The highest BCUT2D eigenvalue weighted by Crippen LogP contribution is 2.42. The number of nitrogens with zero attached hydrogens (tertiary/aromatic N) is 2. The van der Waals surface area contributed by atoms with Crippen molar-refractivity contribution < 1.29 is 18.9 Å². The van der Waals surface area contributed by atoms with E-state index in [9.17, 15) is 14.4 Å². The predicted octanol–water partition coefficient (Wildman–Crippen LogP) is 4.44. The maximum atomic E-state index is 13.2. The number of hydrogen-bond donors (Lipinski definition) is 0. The molecule has 1 aliphatic heterocycles. The topological polar surface area (TPSA) is 80.5 Å². The van der Waals surface area contributed by atoms with Gasteiger partial charge in [-0.25, -0.2) is 0 Å². The minimum Gasteiger partial charge on any atom is -0.364 e. The van der Waals surface area contributed by atoms with Crippen LogP contribution < -0.4 is 4.90 Å². The first-order valence-corrected chi connectivity index (χ1v) is 10.7. The molecule has 2 fully saturated rings. The SMILES string of the molecule is CC(C)(C)C(=O)C1C(=O)C(=O)N(c2ccc(-c3ccon3)cc2)C1C1CCCCC1. The molecule has 1 amide bonds. The Morgan fingerprint density at radius 3 is 2.27 bits per heavy atom. The van der Waals surface area contributed by atoms with E-state index < -0.39 is 29.1 Å². The fraction of sp³-hybridized carbons (Fsp3) is 0.500. The number of rotatable bonds is 4. The van der Waals surface area contributed by atoms with Crippen molar-refractivity contribution in [3.05, 3.63) is 36.6 Å². The summed E-state index contributed by atoms with van der Waals surface area (Å²) in [7, 11) is 0. The first kappa shape index (κ1) is 20.5. The largest absolute Gasteiger partial charge is 0.364 e. The molecule has 2 unspecified atom stereocenters. The standard InChI is InChI=1S/C24H28N2O4/c1-24(2,3)22(28)19-20(16-7-5-4-6-8-16)26(23(29)21(19)27)17-11-9-15(10-12-17)18-13-14-30-25-18/h9-14,16,19-20H,4-8H2,1-3H3. The molecule has 1 aromatic heterocycles. The summed E-state index contributed by atoms with van der Waals surface area (Å²) in [4.78, 5) is 41.0. The predicted molar refractivity (Wildman–Crippen MR) is 113 cm³/mol. The first-order valence-electron chi connectivity index (χ1n) is 10.7. The van der Waals surface area contributed by atoms with Gasteiger partial charge in [0.25, 0.3) is 5.91 Å². The van der Waals surface area contributed by atoms with Crippen LogP contribution in [0, 0.1) is 17.3 Å². The van der Waals surface area contributed by atoms with Gasteiger partial charge in [-0.1, -0.05) is 57.3 Å². The zero-order valence-corrected chi connectivity index (χ0v) is 17.8. The molecule has 0 N–H and O–H groups in total. The Balaban J connectivity index is 1.73. The Morgan fingerprint density at radius 2 is 1.70 bits per heavy atom. The summed E-state index contributed by atoms with van der Waals surface area (Å²) in [5.41, 5.74) is 1.54. The van der Waals surface area contributed by atoms with Crippen LogP contribution in [-0.2, 0) is 14.4 Å². The molecular formula is C24H28N2O4. The average Bonchev–Trinajstić information content (AvgIpc) is 3.35. The highest BCUT2D eigenvalue weighted by atomic mass is 16.5. The second-order valence-electron chi connectivity index (χ2n) is 9.45. The highest BCUT2D eigenvalue weighted by molar-refractivity contribution is 6.48. The van der Waals surface area contributed by atoms with Gasteiger partial charge in [0.1, 0.15) is 17.9 Å². The number of hydrogen-bond acceptors (Lipinski definition) is 5. The Labute approximate surface area is 176 Å². The lowest BCUT2D eigenvalue weighted by Crippen LogP contribution is -2.46. The summed E-state index contributed by atoms with van der Waals surface area (Å²) in [6.45, 7) is 5.46. The summed E-state index contributed by atoms with van der Waals surface area (Å²) in [6.07, 6.45) is 6.68. The number of benzene rings is 1. The van der Waals surface area contributed by atoms with Crippen molar-refractivity contribution in [1.82, 2.24) is 5.16 Å². The van der Waals surface area contributed by atoms with Crippen molar-refractivity contribution in [2.24, 2.45) is 17.3 Å². The van der Waals surface area contributed by atoms with Crippen molar-refractivity contribution in [2.75, 3.05) is 4.90 Å². The van der Waals surface area contributed by atoms with Gasteiger partial charge in [-0.15, -0.1) is 0 Å². The molecule has 30 heavy (non-hydrogen) atoms. The number of carbonyl (C=O) groups is 3. The average molecular weight is 408 g/mol. The number of aromatic nitrogens is 1. The number of anilines is 1. The molecule has 2 aromatic rings. The van der Waals surface area contributed by atoms with Crippen LogP contribution >= 0.6 is 0 Å². The van der Waals surface area contributed by atoms with Gasteiger partial charge in [-0.05, 0) is 30.9 Å². The second kappa shape index (κ2) is 7.82. The lowest BCUT2D eigenvalue weighted by molar-refractivity contribution is -0.141. The molecule has 6 heteroatoms. The van der Waals surface area contributed by atoms with E-state index in [0.29, 0.717) is 11.4 Å². The maximum Gasteiger partial charge on any atom is 0.295 e. The zero-order chi connectivity index (χ0) is 21.5. The summed E-state index contributed by atoms with van der Waals surface area (Å²) in [5.74, 6) is -2.01. The van der Waals surface area contributed by atoms with Crippen LogP contribution in [0.5, 0.6) is 0 Å². The molecule has 158 valence electrons. The van der Waals surface area contributed by atoms with E-state index in [1.165, 1.54) is 6.26 Å². The molecule has 1 aromatic carbocycles. The van der Waals surface area contributed by atoms with Crippen molar-refractivity contribution >= 4 is 23.2 Å². The number of ketones is 2. The number of carbonyl (C=O) groups excluding carboxylic acids is 3. The molecule has 1 saturated carbocycles. The molecule has 1 aliphatic carbocycles. The van der Waals surface area contributed by atoms with E-state index in [1.807, 2.05) is 45.0 Å². The Bertz CT molecular complexity index is 935. The number of Topliss-reactive ketones (excluding diaryl/α,β-unsaturated/α-hetero) is 2. The molecule has 2 aliphatic rings. The van der Waals surface area contributed by atoms with Crippen molar-refractivity contribution in [1.29, 1.82) is 0 Å². The van der Waals surface area contributed by atoms with Gasteiger partial charge < -0.3 is 9.42 Å². The van der Waals surface area contributed by atoms with Gasteiger partial charge in [-0.3, -0.25) is 14.4 Å². The van der Waals surface area contributed by atoms with Crippen LogP contribution in [0.25, 0.3) is 11.3 Å². The smallest absolute Gasteiger partial charge is 0.295 e.